The topological polar surface area (TPSA) is 252 Å². The molecule has 55 heavy (non-hydrogen) atoms. The molecule has 2 unspecified atom stereocenters. The number of amidine groups is 1. The number of nitrogens with two attached hydrogens (primary N) is 3. The van der Waals surface area contributed by atoms with Gasteiger partial charge in [0.1, 0.15) is 17.9 Å². The van der Waals surface area contributed by atoms with E-state index in [9.17, 15) is 27.6 Å². The average molecular weight is 774 g/mol. The van der Waals surface area contributed by atoms with Crippen LogP contribution in [-0.2, 0) is 32.1 Å². The van der Waals surface area contributed by atoms with Gasteiger partial charge in [-0.2, -0.15) is 13.2 Å². The minimum absolute atomic E-state index is 0.00468. The van der Waals surface area contributed by atoms with Crippen molar-refractivity contribution < 1.29 is 37.5 Å². The minimum atomic E-state index is -5.08. The van der Waals surface area contributed by atoms with Crippen LogP contribution in [0.3, 0.4) is 0 Å². The number of pyridine rings is 1. The number of aromatic nitrogens is 1. The number of halogens is 3. The molecule has 302 valence electrons. The molecule has 2 aromatic rings. The molecule has 2 fully saturated rings. The van der Waals surface area contributed by atoms with E-state index in [1.165, 1.54) is 6.42 Å². The Morgan fingerprint density at radius 1 is 0.818 bits per heavy atom. The van der Waals surface area contributed by atoms with Gasteiger partial charge < -0.3 is 38.3 Å². The van der Waals surface area contributed by atoms with Gasteiger partial charge in [0.15, 0.2) is 5.96 Å². The number of carbonyl (C=O) groups is 4. The molecular formula is C38H54F3N9O5. The smallest absolute Gasteiger partial charge is 0.475 e. The lowest BCUT2D eigenvalue weighted by Gasteiger charge is -2.34. The number of carboxylic acid groups (broad SMARTS) is 1. The number of hydrogen-bond acceptors (Lipinski definition) is 7. The number of benzene rings is 1. The molecule has 0 spiro atoms. The van der Waals surface area contributed by atoms with Gasteiger partial charge in [-0.15, -0.1) is 0 Å². The third-order valence-corrected chi connectivity index (χ3v) is 10.0. The first-order chi connectivity index (χ1) is 26.1. The second-order valence-electron chi connectivity index (χ2n) is 14.1. The summed E-state index contributed by atoms with van der Waals surface area (Å²) in [6.07, 6.45) is 9.63. The Balaban J connectivity index is 0.00000106. The highest BCUT2D eigenvalue weighted by atomic mass is 19.4. The van der Waals surface area contributed by atoms with Crippen LogP contribution in [0.4, 0.5) is 13.2 Å². The number of rotatable bonds is 16. The molecule has 2 aliphatic carbocycles. The molecule has 2 saturated carbocycles. The second-order valence-corrected chi connectivity index (χ2v) is 14.1. The van der Waals surface area contributed by atoms with E-state index >= 15 is 0 Å². The van der Waals surface area contributed by atoms with Gasteiger partial charge in [-0.25, -0.2) is 4.79 Å². The molecule has 14 nitrogen and oxygen atoms in total. The molecule has 11 N–H and O–H groups in total. The summed E-state index contributed by atoms with van der Waals surface area (Å²) in [6, 6.07) is 9.56. The molecule has 2 aliphatic rings. The highest BCUT2D eigenvalue weighted by Crippen LogP contribution is 2.33. The average Bonchev–Trinajstić information content (AvgIpc) is 3.17. The number of nitrogens with one attached hydrogen (secondary N) is 4. The first-order valence-corrected chi connectivity index (χ1v) is 18.7. The van der Waals surface area contributed by atoms with Crippen molar-refractivity contribution in [2.24, 2.45) is 39.9 Å². The molecule has 17 heteroatoms. The normalized spacial score (nSPS) is 16.6. The number of aliphatic imine (C=N–C) groups is 1. The quantitative estimate of drug-likeness (QED) is 0.0703. The Bertz CT molecular complexity index is 1580. The number of alkyl halides is 3. The molecule has 0 saturated heterocycles. The maximum atomic E-state index is 14.3. The van der Waals surface area contributed by atoms with Gasteiger partial charge in [0.2, 0.25) is 17.7 Å². The third-order valence-electron chi connectivity index (χ3n) is 10.0. The van der Waals surface area contributed by atoms with Gasteiger partial charge in [-0.1, -0.05) is 62.8 Å². The van der Waals surface area contributed by atoms with Crippen molar-refractivity contribution in [2.45, 2.75) is 108 Å². The summed E-state index contributed by atoms with van der Waals surface area (Å²) in [5.74, 6) is -3.66. The van der Waals surface area contributed by atoms with E-state index < -0.39 is 24.2 Å². The highest BCUT2D eigenvalue weighted by Gasteiger charge is 2.39. The van der Waals surface area contributed by atoms with Crippen LogP contribution in [0.5, 0.6) is 0 Å². The molecule has 1 heterocycles. The Morgan fingerprint density at radius 2 is 1.38 bits per heavy atom. The van der Waals surface area contributed by atoms with E-state index in [-0.39, 0.29) is 47.3 Å². The van der Waals surface area contributed by atoms with Gasteiger partial charge in [0.05, 0.1) is 0 Å². The molecule has 3 amide bonds. The SMILES string of the molecule is N=C(N)c1ccc(CC(C(=O)NC(C(=O)N[C@@H](CCCN=C(N)N)C(=O)NCc2ccncc2)C2CCCCC2)C2CCCCC2)cc1.O=C(O)C(F)(F)F. The van der Waals surface area contributed by atoms with Crippen LogP contribution in [0.2, 0.25) is 0 Å². The Labute approximate surface area is 319 Å². The van der Waals surface area contributed by atoms with E-state index in [1.807, 2.05) is 36.4 Å². The zero-order valence-corrected chi connectivity index (χ0v) is 31.0. The number of carboxylic acids is 1. The fourth-order valence-corrected chi connectivity index (χ4v) is 7.06. The standard InChI is InChI=1S/C36H53N9O3.C2HF3O2/c37-32(38)28-15-13-24(14-16-28)22-29(26-8-3-1-4-9-26)33(46)45-31(27-10-5-2-6-11-27)35(48)44-30(12-7-19-42-36(39)40)34(47)43-23-25-17-20-41-21-18-25;3-2(4,5)1(6)7/h13-18,20-21,26-27,29-31H,1-12,19,22-23H2,(H3,37,38)(H,43,47)(H,44,48)(H,45,46)(H4,39,40,42);(H,6,7)/t29?,30-,31?;/m0./s1. The summed E-state index contributed by atoms with van der Waals surface area (Å²) in [6.45, 7) is 0.618. The number of nitrogen functional groups attached to an aromatic ring is 1. The molecule has 3 atom stereocenters. The molecule has 1 aromatic carbocycles. The van der Waals surface area contributed by atoms with E-state index in [4.69, 9.17) is 32.5 Å². The molecule has 0 aliphatic heterocycles. The summed E-state index contributed by atoms with van der Waals surface area (Å²) in [5.41, 5.74) is 19.2. The van der Waals surface area contributed by atoms with Crippen molar-refractivity contribution in [2.75, 3.05) is 6.54 Å². The number of aliphatic carboxylic acids is 1. The maximum absolute atomic E-state index is 14.3. The first kappa shape index (κ1) is 44.2. The van der Waals surface area contributed by atoms with E-state index in [0.29, 0.717) is 37.9 Å². The van der Waals surface area contributed by atoms with E-state index in [1.54, 1.807) is 12.4 Å². The summed E-state index contributed by atoms with van der Waals surface area (Å²) < 4.78 is 31.7. The Morgan fingerprint density at radius 3 is 1.91 bits per heavy atom. The van der Waals surface area contributed by atoms with Crippen molar-refractivity contribution in [3.8, 4) is 0 Å². The van der Waals surface area contributed by atoms with Gasteiger partial charge in [0, 0.05) is 37.0 Å². The predicted molar refractivity (Wildman–Crippen MR) is 201 cm³/mol. The van der Waals surface area contributed by atoms with Crippen LogP contribution in [0, 0.1) is 23.2 Å². The maximum Gasteiger partial charge on any atom is 0.490 e. The lowest BCUT2D eigenvalue weighted by Crippen LogP contribution is -2.57. The van der Waals surface area contributed by atoms with Gasteiger partial charge >= 0.3 is 12.1 Å². The number of amides is 3. The number of nitrogens with zero attached hydrogens (tertiary/aromatic N) is 2. The van der Waals surface area contributed by atoms with Crippen molar-refractivity contribution in [3.63, 3.8) is 0 Å². The molecule has 4 rings (SSSR count). The largest absolute Gasteiger partial charge is 0.490 e. The monoisotopic (exact) mass is 773 g/mol. The summed E-state index contributed by atoms with van der Waals surface area (Å²) in [7, 11) is 0. The number of hydrogen-bond donors (Lipinski definition) is 8. The lowest BCUT2D eigenvalue weighted by molar-refractivity contribution is -0.192. The van der Waals surface area contributed by atoms with Gasteiger partial charge in [-0.05, 0) is 80.0 Å². The zero-order valence-electron chi connectivity index (χ0n) is 31.0. The molecular weight excluding hydrogens is 719 g/mol. The highest BCUT2D eigenvalue weighted by molar-refractivity contribution is 5.95. The number of carbonyl (C=O) groups excluding carboxylic acids is 3. The van der Waals surface area contributed by atoms with Crippen molar-refractivity contribution in [1.29, 1.82) is 5.41 Å². The van der Waals surface area contributed by atoms with Gasteiger partial charge in [-0.3, -0.25) is 29.8 Å². The van der Waals surface area contributed by atoms with Crippen LogP contribution in [-0.4, -0.2) is 70.4 Å². The van der Waals surface area contributed by atoms with Crippen LogP contribution >= 0.6 is 0 Å². The van der Waals surface area contributed by atoms with Gasteiger partial charge in [0.25, 0.3) is 0 Å². The predicted octanol–water partition coefficient (Wildman–Crippen LogP) is 3.66. The lowest BCUT2D eigenvalue weighted by atomic mass is 9.76. The van der Waals surface area contributed by atoms with E-state index in [0.717, 1.165) is 68.9 Å². The number of guanidine groups is 1. The van der Waals surface area contributed by atoms with Crippen LogP contribution < -0.4 is 33.2 Å². The Hall–Kier alpha value is -5.22. The fraction of sp³-hybridized carbons (Fsp3) is 0.553. The van der Waals surface area contributed by atoms with Crippen LogP contribution in [0.25, 0.3) is 0 Å². The summed E-state index contributed by atoms with van der Waals surface area (Å²) in [5, 5.41) is 24.0. The van der Waals surface area contributed by atoms with Crippen molar-refractivity contribution in [1.82, 2.24) is 20.9 Å². The third kappa shape index (κ3) is 15.6. The zero-order chi connectivity index (χ0) is 40.4. The van der Waals surface area contributed by atoms with Crippen LogP contribution in [0.1, 0.15) is 93.7 Å². The van der Waals surface area contributed by atoms with E-state index in [2.05, 4.69) is 25.9 Å². The second kappa shape index (κ2) is 22.2. The summed E-state index contributed by atoms with van der Waals surface area (Å²) in [4.78, 5) is 58.8. The molecule has 0 radical (unpaired) electrons. The van der Waals surface area contributed by atoms with Crippen molar-refractivity contribution >= 4 is 35.5 Å². The fourth-order valence-electron chi connectivity index (χ4n) is 7.06. The van der Waals surface area contributed by atoms with Crippen molar-refractivity contribution in [3.05, 3.63) is 65.5 Å². The Kier molecular flexibility index (Phi) is 17.9. The molecule has 0 bridgehead atoms. The van der Waals surface area contributed by atoms with Crippen LogP contribution in [0.15, 0.2) is 53.8 Å². The first-order valence-electron chi connectivity index (χ1n) is 18.7. The minimum Gasteiger partial charge on any atom is -0.475 e. The molecule has 1 aromatic heterocycles. The summed E-state index contributed by atoms with van der Waals surface area (Å²) >= 11 is 0.